The maximum atomic E-state index is 5.75. The van der Waals surface area contributed by atoms with E-state index in [1.807, 2.05) is 42.6 Å². The molecule has 4 rings (SSSR count). The zero-order valence-corrected chi connectivity index (χ0v) is 16.2. The van der Waals surface area contributed by atoms with Crippen molar-refractivity contribution in [2.75, 3.05) is 19.5 Å². The minimum atomic E-state index is -0.139. The second-order valence-corrected chi connectivity index (χ2v) is 6.65. The highest BCUT2D eigenvalue weighted by Gasteiger charge is 2.29. The van der Waals surface area contributed by atoms with E-state index >= 15 is 0 Å². The van der Waals surface area contributed by atoms with Crippen LogP contribution in [0.4, 0.5) is 5.82 Å². The van der Waals surface area contributed by atoms with Crippen LogP contribution in [-0.2, 0) is 0 Å². The van der Waals surface area contributed by atoms with Crippen LogP contribution in [0.1, 0.15) is 22.9 Å². The molecule has 0 aliphatic heterocycles. The van der Waals surface area contributed by atoms with Gasteiger partial charge in [-0.1, -0.05) is 36.4 Å². The summed E-state index contributed by atoms with van der Waals surface area (Å²) in [5.41, 5.74) is 4.41. The normalized spacial score (nSPS) is 12.0. The molecule has 2 aromatic carbocycles. The molecule has 142 valence electrons. The van der Waals surface area contributed by atoms with Crippen LogP contribution in [0.3, 0.4) is 0 Å². The number of methoxy groups -OCH3 is 2. The van der Waals surface area contributed by atoms with Gasteiger partial charge in [0.05, 0.1) is 20.4 Å². The van der Waals surface area contributed by atoms with Crippen LogP contribution in [0.25, 0.3) is 10.9 Å². The van der Waals surface area contributed by atoms with Crippen LogP contribution < -0.4 is 19.8 Å². The van der Waals surface area contributed by atoms with Crippen molar-refractivity contribution in [3.63, 3.8) is 0 Å². The van der Waals surface area contributed by atoms with Gasteiger partial charge in [-0.25, -0.2) is 4.98 Å². The van der Waals surface area contributed by atoms with Gasteiger partial charge < -0.3 is 14.5 Å². The van der Waals surface area contributed by atoms with Gasteiger partial charge in [0.2, 0.25) is 0 Å². The molecule has 0 saturated heterocycles. The van der Waals surface area contributed by atoms with E-state index in [9.17, 15) is 0 Å². The van der Waals surface area contributed by atoms with E-state index in [4.69, 9.17) is 9.47 Å². The molecule has 4 aromatic rings. The number of para-hydroxylation sites is 2. The summed E-state index contributed by atoms with van der Waals surface area (Å²) in [6.07, 6.45) is 1.91. The van der Waals surface area contributed by atoms with Crippen molar-refractivity contribution in [1.82, 2.24) is 4.98 Å². The molecule has 0 radical (unpaired) electrons. The van der Waals surface area contributed by atoms with Crippen LogP contribution >= 0.6 is 0 Å². The number of ether oxygens (including phenoxy) is 2. The van der Waals surface area contributed by atoms with Gasteiger partial charge in [0.25, 0.3) is 5.82 Å². The van der Waals surface area contributed by atoms with Gasteiger partial charge in [0.1, 0.15) is 0 Å². The Bertz CT molecular complexity index is 1090. The number of benzene rings is 2. The Morgan fingerprint density at radius 2 is 1.75 bits per heavy atom. The summed E-state index contributed by atoms with van der Waals surface area (Å²) in [7, 11) is 3.33. The smallest absolute Gasteiger partial charge is 0.272 e. The number of nitrogens with one attached hydrogen (secondary N) is 3. The summed E-state index contributed by atoms with van der Waals surface area (Å²) >= 11 is 0. The second-order valence-electron chi connectivity index (χ2n) is 6.65. The molecule has 0 saturated carbocycles. The van der Waals surface area contributed by atoms with Crippen molar-refractivity contribution in [2.45, 2.75) is 13.0 Å². The molecule has 0 aliphatic carbocycles. The Kier molecular flexibility index (Phi) is 4.89. The fourth-order valence-corrected chi connectivity index (χ4v) is 3.75. The first-order valence-electron chi connectivity index (χ1n) is 9.24. The lowest BCUT2D eigenvalue weighted by Gasteiger charge is -2.20. The maximum Gasteiger partial charge on any atom is 0.272 e. The zero-order chi connectivity index (χ0) is 19.5. The van der Waals surface area contributed by atoms with Crippen molar-refractivity contribution < 1.29 is 14.5 Å². The number of pyridine rings is 1. The van der Waals surface area contributed by atoms with E-state index in [-0.39, 0.29) is 6.04 Å². The highest BCUT2D eigenvalue weighted by atomic mass is 16.5. The average Bonchev–Trinajstić information content (AvgIpc) is 3.07. The summed E-state index contributed by atoms with van der Waals surface area (Å²) in [5, 5.41) is 4.82. The molecule has 0 fully saturated rings. The van der Waals surface area contributed by atoms with Crippen molar-refractivity contribution >= 4 is 16.7 Å². The van der Waals surface area contributed by atoms with Crippen LogP contribution in [0, 0.1) is 6.92 Å². The average molecular weight is 374 g/mol. The Hall–Kier alpha value is -3.47. The second kappa shape index (κ2) is 7.64. The van der Waals surface area contributed by atoms with E-state index in [0.717, 1.165) is 28.3 Å². The van der Waals surface area contributed by atoms with E-state index in [1.165, 1.54) is 10.9 Å². The summed E-state index contributed by atoms with van der Waals surface area (Å²) in [6.45, 7) is 2.10. The molecule has 0 amide bonds. The Morgan fingerprint density at radius 3 is 2.50 bits per heavy atom. The zero-order valence-electron chi connectivity index (χ0n) is 16.2. The van der Waals surface area contributed by atoms with Crippen LogP contribution in [0.5, 0.6) is 11.5 Å². The predicted molar refractivity (Wildman–Crippen MR) is 111 cm³/mol. The predicted octanol–water partition coefficient (Wildman–Crippen LogP) is 4.51. The summed E-state index contributed by atoms with van der Waals surface area (Å²) in [6, 6.07) is 20.2. The van der Waals surface area contributed by atoms with Crippen LogP contribution in [-0.4, -0.2) is 19.2 Å². The number of aromatic nitrogens is 2. The first-order valence-corrected chi connectivity index (χ1v) is 9.24. The van der Waals surface area contributed by atoms with E-state index in [0.29, 0.717) is 5.75 Å². The van der Waals surface area contributed by atoms with Gasteiger partial charge in [-0.2, -0.15) is 0 Å². The highest BCUT2D eigenvalue weighted by Crippen LogP contribution is 2.41. The quantitative estimate of drug-likeness (QED) is 0.522. The number of aromatic amines is 2. The van der Waals surface area contributed by atoms with Crippen molar-refractivity contribution in [3.8, 4) is 11.5 Å². The van der Waals surface area contributed by atoms with Gasteiger partial charge in [0, 0.05) is 33.8 Å². The molecular formula is C23H24N3O2+. The van der Waals surface area contributed by atoms with Crippen molar-refractivity contribution in [2.24, 2.45) is 0 Å². The molecule has 5 nitrogen and oxygen atoms in total. The van der Waals surface area contributed by atoms with Gasteiger partial charge in [-0.3, -0.25) is 5.32 Å². The van der Waals surface area contributed by atoms with Gasteiger partial charge >= 0.3 is 0 Å². The van der Waals surface area contributed by atoms with Gasteiger partial charge in [0.15, 0.2) is 17.5 Å². The summed E-state index contributed by atoms with van der Waals surface area (Å²) in [5.74, 6) is 2.35. The van der Waals surface area contributed by atoms with Crippen LogP contribution in [0.2, 0.25) is 0 Å². The van der Waals surface area contributed by atoms with Gasteiger partial charge in [-0.05, 0) is 25.1 Å². The highest BCUT2D eigenvalue weighted by molar-refractivity contribution is 5.86. The SMILES string of the molecule is COc1cccc([C@@H](Nc2cccc[nH+]2)c2c(C)[nH]c3ccccc23)c1OC. The lowest BCUT2D eigenvalue weighted by atomic mass is 9.94. The largest absolute Gasteiger partial charge is 0.493 e. The van der Waals surface area contributed by atoms with E-state index in [2.05, 4.69) is 46.5 Å². The number of rotatable bonds is 6. The third-order valence-corrected chi connectivity index (χ3v) is 4.99. The molecule has 2 heterocycles. The number of aryl methyl sites for hydroxylation is 1. The molecule has 3 N–H and O–H groups in total. The Morgan fingerprint density at radius 1 is 0.929 bits per heavy atom. The fraction of sp³-hybridized carbons (Fsp3) is 0.174. The summed E-state index contributed by atoms with van der Waals surface area (Å²) in [4.78, 5) is 6.78. The van der Waals surface area contributed by atoms with Crippen LogP contribution in [0.15, 0.2) is 66.9 Å². The molecule has 2 aromatic heterocycles. The molecule has 0 bridgehead atoms. The van der Waals surface area contributed by atoms with Crippen molar-refractivity contribution in [1.29, 1.82) is 0 Å². The Balaban J connectivity index is 1.94. The van der Waals surface area contributed by atoms with E-state index in [1.54, 1.807) is 14.2 Å². The number of H-pyrrole nitrogens is 2. The number of anilines is 1. The number of hydrogen-bond acceptors (Lipinski definition) is 3. The fourth-order valence-electron chi connectivity index (χ4n) is 3.75. The molecule has 5 heteroatoms. The maximum absolute atomic E-state index is 5.75. The minimum absolute atomic E-state index is 0.139. The topological polar surface area (TPSA) is 60.4 Å². The Labute approximate surface area is 164 Å². The molecule has 0 unspecified atom stereocenters. The standard InChI is InChI=1S/C23H23N3O2/c1-15-21(16-9-4-5-11-18(16)25-15)22(26-20-13-6-7-14-24-20)17-10-8-12-19(27-2)23(17)28-3/h4-14,22,25H,1-3H3,(H,24,26)/p+1/t22-/m1/s1. The molecule has 0 spiro atoms. The first kappa shape index (κ1) is 17.9. The number of hydrogen-bond donors (Lipinski definition) is 2. The summed E-state index contributed by atoms with van der Waals surface area (Å²) < 4.78 is 11.3. The molecule has 28 heavy (non-hydrogen) atoms. The van der Waals surface area contributed by atoms with Gasteiger partial charge in [-0.15, -0.1) is 0 Å². The van der Waals surface area contributed by atoms with E-state index < -0.39 is 0 Å². The lowest BCUT2D eigenvalue weighted by Crippen LogP contribution is -2.20. The minimum Gasteiger partial charge on any atom is -0.493 e. The third-order valence-electron chi connectivity index (χ3n) is 4.99. The molecular weight excluding hydrogens is 350 g/mol. The lowest BCUT2D eigenvalue weighted by molar-refractivity contribution is -0.361. The van der Waals surface area contributed by atoms with Crippen molar-refractivity contribution in [3.05, 3.63) is 83.7 Å². The number of fused-ring (bicyclic) bond motifs is 1. The molecule has 1 atom stereocenters. The third kappa shape index (κ3) is 3.16. The first-order chi connectivity index (χ1) is 13.7. The molecule has 0 aliphatic rings. The monoisotopic (exact) mass is 374 g/mol.